The quantitative estimate of drug-likeness (QED) is 0.607. The topological polar surface area (TPSA) is 95.6 Å². The van der Waals surface area contributed by atoms with E-state index in [9.17, 15) is 9.59 Å². The van der Waals surface area contributed by atoms with E-state index in [1.54, 1.807) is 47.4 Å². The van der Waals surface area contributed by atoms with Crippen LogP contribution in [0.3, 0.4) is 0 Å². The number of methoxy groups -OCH3 is 1. The van der Waals surface area contributed by atoms with Crippen LogP contribution < -0.4 is 10.1 Å². The number of carbonyl (C=O) groups excluding carboxylic acids is 2. The number of halogens is 1. The summed E-state index contributed by atoms with van der Waals surface area (Å²) in [5.41, 5.74) is 0.377. The SMILES string of the molecule is COc1ccc(Cl)cc1NC(=O)C(C)OC(=O)c1ccc(Cn2cccn2)o1. The predicted molar refractivity (Wildman–Crippen MR) is 102 cm³/mol. The fourth-order valence-corrected chi connectivity index (χ4v) is 2.58. The number of esters is 1. The first-order valence-electron chi connectivity index (χ1n) is 8.38. The molecule has 1 atom stereocenters. The summed E-state index contributed by atoms with van der Waals surface area (Å²) in [6.07, 6.45) is 2.36. The second-order valence-electron chi connectivity index (χ2n) is 5.85. The molecule has 8 nitrogen and oxygen atoms in total. The summed E-state index contributed by atoms with van der Waals surface area (Å²) in [7, 11) is 1.47. The van der Waals surface area contributed by atoms with Gasteiger partial charge < -0.3 is 19.2 Å². The van der Waals surface area contributed by atoms with Crippen molar-refractivity contribution in [2.75, 3.05) is 12.4 Å². The largest absolute Gasteiger partial charge is 0.495 e. The lowest BCUT2D eigenvalue weighted by atomic mass is 10.2. The highest BCUT2D eigenvalue weighted by atomic mass is 35.5. The van der Waals surface area contributed by atoms with E-state index in [2.05, 4.69) is 10.4 Å². The Morgan fingerprint density at radius 2 is 2.14 bits per heavy atom. The number of carbonyl (C=O) groups is 2. The van der Waals surface area contributed by atoms with E-state index in [4.69, 9.17) is 25.5 Å². The molecule has 3 rings (SSSR count). The van der Waals surface area contributed by atoms with Gasteiger partial charge in [-0.05, 0) is 43.3 Å². The van der Waals surface area contributed by atoms with Crippen LogP contribution in [0.25, 0.3) is 0 Å². The Morgan fingerprint density at radius 3 is 2.86 bits per heavy atom. The Hall–Kier alpha value is -3.26. The summed E-state index contributed by atoms with van der Waals surface area (Å²) in [4.78, 5) is 24.6. The lowest BCUT2D eigenvalue weighted by Crippen LogP contribution is -2.30. The second-order valence-corrected chi connectivity index (χ2v) is 6.29. The molecule has 0 aliphatic carbocycles. The molecule has 0 bridgehead atoms. The summed E-state index contributed by atoms with van der Waals surface area (Å²) in [5, 5.41) is 7.12. The van der Waals surface area contributed by atoms with E-state index in [0.29, 0.717) is 28.8 Å². The molecule has 28 heavy (non-hydrogen) atoms. The molecule has 1 amide bonds. The van der Waals surface area contributed by atoms with E-state index >= 15 is 0 Å². The first kappa shape index (κ1) is 19.5. The van der Waals surface area contributed by atoms with Crippen molar-refractivity contribution >= 4 is 29.2 Å². The van der Waals surface area contributed by atoms with Gasteiger partial charge in [-0.2, -0.15) is 5.10 Å². The van der Waals surface area contributed by atoms with Gasteiger partial charge in [-0.15, -0.1) is 0 Å². The van der Waals surface area contributed by atoms with E-state index in [0.717, 1.165) is 0 Å². The van der Waals surface area contributed by atoms with Gasteiger partial charge in [0.25, 0.3) is 5.91 Å². The van der Waals surface area contributed by atoms with Crippen LogP contribution in [-0.2, 0) is 16.1 Å². The van der Waals surface area contributed by atoms with Gasteiger partial charge in [0.05, 0.1) is 19.3 Å². The normalized spacial score (nSPS) is 11.7. The number of furan rings is 1. The monoisotopic (exact) mass is 403 g/mol. The molecule has 1 aromatic carbocycles. The van der Waals surface area contributed by atoms with Crippen molar-refractivity contribution in [2.45, 2.75) is 19.6 Å². The molecule has 1 unspecified atom stereocenters. The van der Waals surface area contributed by atoms with Gasteiger partial charge in [-0.1, -0.05) is 11.6 Å². The van der Waals surface area contributed by atoms with Gasteiger partial charge in [-0.25, -0.2) is 4.79 Å². The summed E-state index contributed by atoms with van der Waals surface area (Å²) in [6, 6.07) is 9.73. The van der Waals surface area contributed by atoms with Gasteiger partial charge >= 0.3 is 5.97 Å². The Morgan fingerprint density at radius 1 is 1.32 bits per heavy atom. The van der Waals surface area contributed by atoms with Crippen LogP contribution in [0.15, 0.2) is 53.2 Å². The highest BCUT2D eigenvalue weighted by molar-refractivity contribution is 6.31. The number of hydrogen-bond donors (Lipinski definition) is 1. The average molecular weight is 404 g/mol. The standard InChI is InChI=1S/C19H18ClN3O5/c1-12(18(24)22-15-10-13(20)4-6-16(15)26-2)27-19(25)17-7-5-14(28-17)11-23-9-3-8-21-23/h3-10,12H,11H2,1-2H3,(H,22,24). The first-order valence-corrected chi connectivity index (χ1v) is 8.75. The highest BCUT2D eigenvalue weighted by Gasteiger charge is 2.22. The molecule has 9 heteroatoms. The van der Waals surface area contributed by atoms with Crippen LogP contribution in [0.2, 0.25) is 5.02 Å². The molecule has 0 aliphatic heterocycles. The predicted octanol–water partition coefficient (Wildman–Crippen LogP) is 3.37. The minimum Gasteiger partial charge on any atom is -0.495 e. The van der Waals surface area contributed by atoms with Crippen molar-refractivity contribution in [3.8, 4) is 5.75 Å². The average Bonchev–Trinajstić information content (AvgIpc) is 3.34. The van der Waals surface area contributed by atoms with Crippen molar-refractivity contribution in [1.82, 2.24) is 9.78 Å². The van der Waals surface area contributed by atoms with Gasteiger partial charge in [0.1, 0.15) is 11.5 Å². The Bertz CT molecular complexity index is 968. The number of nitrogens with one attached hydrogen (secondary N) is 1. The molecule has 0 radical (unpaired) electrons. The van der Waals surface area contributed by atoms with E-state index < -0.39 is 18.0 Å². The van der Waals surface area contributed by atoms with E-state index in [1.165, 1.54) is 20.1 Å². The number of aromatic nitrogens is 2. The fourth-order valence-electron chi connectivity index (χ4n) is 2.41. The summed E-state index contributed by atoms with van der Waals surface area (Å²) in [6.45, 7) is 1.84. The minimum atomic E-state index is -1.06. The summed E-state index contributed by atoms with van der Waals surface area (Å²) in [5.74, 6) is -0.297. The van der Waals surface area contributed by atoms with Gasteiger partial charge in [0.2, 0.25) is 5.76 Å². The molecule has 0 saturated carbocycles. The number of hydrogen-bond acceptors (Lipinski definition) is 6. The van der Waals surface area contributed by atoms with Crippen molar-refractivity contribution in [3.63, 3.8) is 0 Å². The zero-order valence-electron chi connectivity index (χ0n) is 15.2. The molecule has 0 aliphatic rings. The maximum Gasteiger partial charge on any atom is 0.375 e. The lowest BCUT2D eigenvalue weighted by molar-refractivity contribution is -0.123. The number of benzene rings is 1. The summed E-state index contributed by atoms with van der Waals surface area (Å²) >= 11 is 5.94. The minimum absolute atomic E-state index is 0.00198. The zero-order chi connectivity index (χ0) is 20.1. The molecule has 1 N–H and O–H groups in total. The summed E-state index contributed by atoms with van der Waals surface area (Å²) < 4.78 is 17.5. The van der Waals surface area contributed by atoms with Crippen LogP contribution in [-0.4, -0.2) is 34.9 Å². The van der Waals surface area contributed by atoms with Crippen LogP contribution >= 0.6 is 11.6 Å². The molecular formula is C19H18ClN3O5. The maximum absolute atomic E-state index is 12.3. The third kappa shape index (κ3) is 4.72. The Labute approximate surface area is 166 Å². The first-order chi connectivity index (χ1) is 13.5. The Kier molecular flexibility index (Phi) is 6.00. The molecular weight excluding hydrogens is 386 g/mol. The molecule has 146 valence electrons. The zero-order valence-corrected chi connectivity index (χ0v) is 16.0. The van der Waals surface area contributed by atoms with Gasteiger partial charge in [0, 0.05) is 17.4 Å². The molecule has 2 aromatic heterocycles. The number of nitrogens with zero attached hydrogens (tertiary/aromatic N) is 2. The number of ether oxygens (including phenoxy) is 2. The van der Waals surface area contributed by atoms with Crippen molar-refractivity contribution < 1.29 is 23.5 Å². The lowest BCUT2D eigenvalue weighted by Gasteiger charge is -2.15. The molecule has 0 spiro atoms. The highest BCUT2D eigenvalue weighted by Crippen LogP contribution is 2.27. The van der Waals surface area contributed by atoms with E-state index in [1.807, 2.05) is 0 Å². The maximum atomic E-state index is 12.3. The molecule has 3 aromatic rings. The van der Waals surface area contributed by atoms with E-state index in [-0.39, 0.29) is 5.76 Å². The Balaban J connectivity index is 1.60. The van der Waals surface area contributed by atoms with Crippen molar-refractivity contribution in [1.29, 1.82) is 0 Å². The second kappa shape index (κ2) is 8.62. The van der Waals surface area contributed by atoms with Crippen molar-refractivity contribution in [3.05, 3.63) is 65.3 Å². The fraction of sp³-hybridized carbons (Fsp3) is 0.211. The van der Waals surface area contributed by atoms with Gasteiger partial charge in [-0.3, -0.25) is 9.48 Å². The van der Waals surface area contributed by atoms with Crippen molar-refractivity contribution in [2.24, 2.45) is 0 Å². The third-order valence-electron chi connectivity index (χ3n) is 3.81. The number of anilines is 1. The van der Waals surface area contributed by atoms with Crippen LogP contribution in [0, 0.1) is 0 Å². The van der Waals surface area contributed by atoms with Gasteiger partial charge in [0.15, 0.2) is 6.10 Å². The van der Waals surface area contributed by atoms with Crippen LogP contribution in [0.4, 0.5) is 5.69 Å². The number of amides is 1. The third-order valence-corrected chi connectivity index (χ3v) is 4.05. The van der Waals surface area contributed by atoms with Crippen LogP contribution in [0.1, 0.15) is 23.2 Å². The molecule has 0 fully saturated rings. The molecule has 0 saturated heterocycles. The van der Waals surface area contributed by atoms with Crippen LogP contribution in [0.5, 0.6) is 5.75 Å². The number of rotatable bonds is 7. The smallest absolute Gasteiger partial charge is 0.375 e. The molecule has 2 heterocycles.